The van der Waals surface area contributed by atoms with Crippen molar-refractivity contribution in [3.63, 3.8) is 0 Å². The van der Waals surface area contributed by atoms with Crippen LogP contribution in [0.3, 0.4) is 0 Å². The number of ketones is 2. The smallest absolute Gasteiger partial charge is 0.322 e. The molecular formula is C78H129Cl3N12O16. The summed E-state index contributed by atoms with van der Waals surface area (Å²) in [6, 6.07) is 36.1. The van der Waals surface area contributed by atoms with E-state index in [4.69, 9.17) is 22.3 Å². The molecule has 0 heterocycles. The van der Waals surface area contributed by atoms with Gasteiger partial charge in [-0.3, -0.25) is 57.5 Å². The Morgan fingerprint density at radius 1 is 0.358 bits per heavy atom. The van der Waals surface area contributed by atoms with E-state index >= 15 is 0 Å². The second-order valence-corrected chi connectivity index (χ2v) is 25.3. The Bertz CT molecular complexity index is 2990. The van der Waals surface area contributed by atoms with E-state index in [0.717, 1.165) is 73.7 Å². The molecule has 0 saturated heterocycles. The summed E-state index contributed by atoms with van der Waals surface area (Å²) in [5, 5.41) is 60.1. The fraction of sp³-hybridized carbons (Fsp3) is 0.538. The van der Waals surface area contributed by atoms with Gasteiger partial charge in [0.05, 0.1) is 56.4 Å². The molecule has 0 bridgehead atoms. The normalized spacial score (nSPS) is 13.2. The molecule has 12 unspecified atom stereocenters. The number of amides is 9. The van der Waals surface area contributed by atoms with Crippen molar-refractivity contribution in [2.75, 3.05) is 39.3 Å². The summed E-state index contributed by atoms with van der Waals surface area (Å²) in [7, 11) is 0. The van der Waals surface area contributed by atoms with E-state index in [2.05, 4.69) is 47.9 Å². The molecule has 19 N–H and O–H groups in total. The largest absolute Gasteiger partial charge is 0.480 e. The van der Waals surface area contributed by atoms with Gasteiger partial charge in [0.2, 0.25) is 47.0 Å². The highest BCUT2D eigenvalue weighted by Gasteiger charge is 2.27. The number of halogens is 3. The third-order valence-electron chi connectivity index (χ3n) is 15.7. The molecule has 0 fully saturated rings. The number of Topliss-reactive ketones (excluding diaryl/α,β-unsaturated/α-hetero) is 2. The van der Waals surface area contributed by atoms with Crippen LogP contribution in [0.25, 0.3) is 0 Å². The summed E-state index contributed by atoms with van der Waals surface area (Å²) in [6.45, 7) is 23.9. The van der Waals surface area contributed by atoms with Crippen LogP contribution >= 0.6 is 37.2 Å². The fourth-order valence-corrected chi connectivity index (χ4v) is 9.60. The number of hydrogen-bond acceptors (Lipinski definition) is 18. The van der Waals surface area contributed by atoms with Gasteiger partial charge in [-0.05, 0) is 100 Å². The Morgan fingerprint density at radius 3 is 0.872 bits per heavy atom. The van der Waals surface area contributed by atoms with Gasteiger partial charge in [-0.15, -0.1) is 37.2 Å². The number of hydrogen-bond donors (Lipinski definition) is 16. The van der Waals surface area contributed by atoms with Gasteiger partial charge in [0.1, 0.15) is 24.9 Å². The molecule has 9 amide bonds. The van der Waals surface area contributed by atoms with Crippen molar-refractivity contribution < 1.29 is 78.0 Å². The molecule has 0 aliphatic carbocycles. The van der Waals surface area contributed by atoms with Gasteiger partial charge < -0.3 is 85.5 Å². The first kappa shape index (κ1) is 111. The molecule has 31 heteroatoms. The number of aliphatic hydroxyl groups excluding tert-OH is 3. The van der Waals surface area contributed by atoms with E-state index in [1.165, 1.54) is 0 Å². The predicted molar refractivity (Wildman–Crippen MR) is 434 cm³/mol. The monoisotopic (exact) mass is 1590 g/mol. The molecule has 0 radical (unpaired) electrons. The van der Waals surface area contributed by atoms with Crippen LogP contribution < -0.4 is 65.1 Å². The molecule has 28 nitrogen and oxygen atoms in total. The Hall–Kier alpha value is -8.45. The summed E-state index contributed by atoms with van der Waals surface area (Å²) in [5.74, 6) is -7.36. The number of carbonyl (C=O) groups is 12. The lowest BCUT2D eigenvalue weighted by atomic mass is 9.99. The van der Waals surface area contributed by atoms with Gasteiger partial charge in [0.15, 0.2) is 0 Å². The minimum absolute atomic E-state index is 0. The summed E-state index contributed by atoms with van der Waals surface area (Å²) in [5.41, 5.74) is 20.0. The second kappa shape index (κ2) is 66.5. The van der Waals surface area contributed by atoms with Crippen LogP contribution in [0.1, 0.15) is 208 Å². The number of nitrogens with one attached hydrogen (secondary N) is 9. The van der Waals surface area contributed by atoms with Crippen LogP contribution in [0.4, 0.5) is 0 Å². The summed E-state index contributed by atoms with van der Waals surface area (Å²) >= 11 is 0. The number of nitrogens with two attached hydrogens (primary N) is 3. The van der Waals surface area contributed by atoms with Gasteiger partial charge in [-0.25, -0.2) is 0 Å². The van der Waals surface area contributed by atoms with Crippen LogP contribution in [0.2, 0.25) is 0 Å². The van der Waals surface area contributed by atoms with E-state index < -0.39 is 84.0 Å². The molecule has 4 aromatic rings. The number of benzene rings is 4. The first-order chi connectivity index (χ1) is 49.7. The lowest BCUT2D eigenvalue weighted by Gasteiger charge is -2.18. The molecule has 12 atom stereocenters. The van der Waals surface area contributed by atoms with Gasteiger partial charge in [-0.2, -0.15) is 0 Å². The zero-order chi connectivity index (χ0) is 80.0. The number of aliphatic hydroxyl groups is 3. The summed E-state index contributed by atoms with van der Waals surface area (Å²) in [6.07, 6.45) is 3.82. The Morgan fingerprint density at radius 2 is 0.606 bits per heavy atom. The van der Waals surface area contributed by atoms with Crippen LogP contribution in [0.5, 0.6) is 0 Å². The molecule has 109 heavy (non-hydrogen) atoms. The third-order valence-corrected chi connectivity index (χ3v) is 15.7. The van der Waals surface area contributed by atoms with E-state index in [1.54, 1.807) is 13.8 Å². The SMILES string of the molecule is C.CCCC(C)C(=O)C(=O)NCC(=O)NC(C)c1ccccc1.CCCC(C)C(O)C(=O)NCC(=O)NC(C)c1ccccc1.CCCC(C)C(O)C(=O)NCC(=O)O.CCCC(N)C(=O)C(=O)NCC(=O)NC(C)c1ccccc1.CCCC(N)C(O)C(=O)NCC(=O)NC(C)c1ccccc1.CCN.Cl.Cl.Cl. The van der Waals surface area contributed by atoms with Gasteiger partial charge in [0.25, 0.3) is 17.7 Å². The van der Waals surface area contributed by atoms with Crippen molar-refractivity contribution in [2.45, 2.75) is 216 Å². The average molecular weight is 1600 g/mol. The zero-order valence-corrected chi connectivity index (χ0v) is 67.4. The average Bonchev–Trinajstić information content (AvgIpc) is 0.944. The molecule has 0 aliphatic rings. The molecule has 0 aromatic heterocycles. The number of rotatable bonds is 38. The molecule has 0 spiro atoms. The molecular weight excluding hydrogens is 1470 g/mol. The Balaban J connectivity index is -0.000000301. The Kier molecular flexibility index (Phi) is 68.0. The second-order valence-electron chi connectivity index (χ2n) is 25.3. The summed E-state index contributed by atoms with van der Waals surface area (Å²) < 4.78 is 0. The molecule has 618 valence electrons. The standard InChI is InChI=1S/C17H26N2O3.C17H24N2O3.C16H25N3O3.C16H23N3O3.C9H17NO4.C2H7N.CH4.3ClH/c2*1-4-8-12(2)16(21)17(22)18-11-15(20)19-13(3)14-9-6-5-7-10-14;2*1-3-7-13(17)15(21)16(22)18-10-14(20)19-11(2)12-8-5-4-6-9-12;1-3-4-6(2)8(13)9(14)10-5-7(11)12;1-2-3;;;;/h5-7,9-10,12-13,16,21H,4,8,11H2,1-3H3,(H,18,22)(H,19,20);5-7,9-10,12-13H,4,8,11H2,1-3H3,(H,18,22)(H,19,20);4-6,8-9,11,13,15,21H,3,7,10,17H2,1-2H3,(H,18,22)(H,19,20);4-6,8-9,11,13H,3,7,10,17H2,1-2H3,(H,18,22)(H,19,20);6,8,13H,3-5H2,1-2H3,(H,10,14)(H,11,12);2-3H2,1H3;1H4;3*1H. The maximum atomic E-state index is 11.8. The van der Waals surface area contributed by atoms with Crippen LogP contribution in [0, 0.1) is 17.8 Å². The van der Waals surface area contributed by atoms with Crippen molar-refractivity contribution in [2.24, 2.45) is 35.0 Å². The highest BCUT2D eigenvalue weighted by Crippen LogP contribution is 2.16. The van der Waals surface area contributed by atoms with E-state index in [0.29, 0.717) is 19.3 Å². The first-order valence-electron chi connectivity index (χ1n) is 36.0. The van der Waals surface area contributed by atoms with Gasteiger partial charge in [-0.1, -0.05) is 223 Å². The number of carbonyl (C=O) groups excluding carboxylic acids is 11. The van der Waals surface area contributed by atoms with E-state index in [1.807, 2.05) is 197 Å². The zero-order valence-electron chi connectivity index (χ0n) is 64.9. The minimum atomic E-state index is -1.29. The lowest BCUT2D eigenvalue weighted by Crippen LogP contribution is -2.48. The number of carboxylic acids is 1. The van der Waals surface area contributed by atoms with Crippen molar-refractivity contribution in [3.05, 3.63) is 144 Å². The van der Waals surface area contributed by atoms with Gasteiger partial charge in [0, 0.05) is 12.0 Å². The lowest BCUT2D eigenvalue weighted by molar-refractivity contribution is -0.140. The third kappa shape index (κ3) is 51.6. The number of carboxylic acid groups (broad SMARTS) is 1. The van der Waals surface area contributed by atoms with Gasteiger partial charge >= 0.3 is 5.97 Å². The molecule has 0 aliphatic heterocycles. The first-order valence-corrected chi connectivity index (χ1v) is 36.0. The van der Waals surface area contributed by atoms with Crippen molar-refractivity contribution in [3.8, 4) is 0 Å². The molecule has 0 saturated carbocycles. The topological polar surface area (TPSA) is 472 Å². The van der Waals surface area contributed by atoms with E-state index in [9.17, 15) is 72.9 Å². The van der Waals surface area contributed by atoms with E-state index in [-0.39, 0.29) is 136 Å². The van der Waals surface area contributed by atoms with Crippen LogP contribution in [-0.4, -0.2) is 161 Å². The fourth-order valence-electron chi connectivity index (χ4n) is 9.60. The minimum Gasteiger partial charge on any atom is -0.480 e. The maximum Gasteiger partial charge on any atom is 0.322 e. The molecule has 4 aromatic carbocycles. The quantitative estimate of drug-likeness (QED) is 0.0206. The summed E-state index contributed by atoms with van der Waals surface area (Å²) in [4.78, 5) is 139. The Labute approximate surface area is 664 Å². The molecule has 4 rings (SSSR count). The highest BCUT2D eigenvalue weighted by molar-refractivity contribution is 6.38. The van der Waals surface area contributed by atoms with Crippen LogP contribution in [0.15, 0.2) is 121 Å². The van der Waals surface area contributed by atoms with Crippen molar-refractivity contribution >= 4 is 108 Å². The maximum absolute atomic E-state index is 11.8. The predicted octanol–water partition coefficient (Wildman–Crippen LogP) is 6.76. The highest BCUT2D eigenvalue weighted by atomic mass is 35.5. The van der Waals surface area contributed by atoms with Crippen molar-refractivity contribution in [1.82, 2.24) is 47.9 Å². The van der Waals surface area contributed by atoms with Crippen molar-refractivity contribution in [1.29, 1.82) is 0 Å². The van der Waals surface area contributed by atoms with Crippen LogP contribution in [-0.2, 0) is 57.5 Å². The number of aliphatic carboxylic acids is 1.